The fraction of sp³-hybridized carbons (Fsp3) is 0.458. The average molecular weight is 371 g/mol. The van der Waals surface area contributed by atoms with Crippen LogP contribution in [0.3, 0.4) is 0 Å². The van der Waals surface area contributed by atoms with E-state index in [2.05, 4.69) is 64.2 Å². The van der Waals surface area contributed by atoms with Gasteiger partial charge in [0, 0.05) is 23.8 Å². The summed E-state index contributed by atoms with van der Waals surface area (Å²) in [6, 6.07) is 12.5. The van der Waals surface area contributed by atoms with E-state index < -0.39 is 0 Å². The van der Waals surface area contributed by atoms with Gasteiger partial charge in [0.05, 0.1) is 0 Å². The maximum Gasteiger partial charge on any atom is 0.122 e. The predicted molar refractivity (Wildman–Crippen MR) is 120 cm³/mol. The highest BCUT2D eigenvalue weighted by Crippen LogP contribution is 2.16. The van der Waals surface area contributed by atoms with E-state index in [0.29, 0.717) is 5.92 Å². The number of anilines is 2. The van der Waals surface area contributed by atoms with Gasteiger partial charge in [-0.1, -0.05) is 63.1 Å². The lowest BCUT2D eigenvalue weighted by molar-refractivity contribution is -0.110. The van der Waals surface area contributed by atoms with Crippen molar-refractivity contribution in [2.45, 2.75) is 55.4 Å². The Labute approximate surface area is 166 Å². The predicted octanol–water partition coefficient (Wildman–Crippen LogP) is 6.10. The summed E-state index contributed by atoms with van der Waals surface area (Å²) in [4.78, 5) is 9.50. The lowest BCUT2D eigenvalue weighted by Gasteiger charge is -2.11. The molecule has 0 aliphatic carbocycles. The van der Waals surface area contributed by atoms with Gasteiger partial charge in [0.15, 0.2) is 0 Å². The minimum Gasteiger partial charge on any atom is -0.399 e. The molecule has 0 unspecified atom stereocenters. The van der Waals surface area contributed by atoms with Gasteiger partial charge in [-0.2, -0.15) is 0 Å². The summed E-state index contributed by atoms with van der Waals surface area (Å²) >= 11 is 0. The van der Waals surface area contributed by atoms with Crippen LogP contribution in [0.25, 0.3) is 0 Å². The number of nitrogen functional groups attached to an aromatic ring is 1. The normalized spacial score (nSPS) is 9.85. The van der Waals surface area contributed by atoms with Crippen LogP contribution in [0.1, 0.15) is 49.9 Å². The number of aldehydes is 1. The average Bonchev–Trinajstić information content (AvgIpc) is 2.58. The van der Waals surface area contributed by atoms with Gasteiger partial charge in [-0.05, 0) is 56.9 Å². The van der Waals surface area contributed by atoms with Crippen molar-refractivity contribution in [2.24, 2.45) is 11.8 Å². The van der Waals surface area contributed by atoms with Crippen molar-refractivity contribution in [2.75, 3.05) is 17.6 Å². The number of hydrogen-bond donors (Lipinski definition) is 2. The van der Waals surface area contributed by atoms with Crippen LogP contribution in [0.4, 0.5) is 11.4 Å². The lowest BCUT2D eigenvalue weighted by atomic mass is 10.1. The van der Waals surface area contributed by atoms with Crippen LogP contribution in [-0.2, 0) is 4.79 Å². The second-order valence-corrected chi connectivity index (χ2v) is 7.83. The summed E-state index contributed by atoms with van der Waals surface area (Å²) < 4.78 is 0. The van der Waals surface area contributed by atoms with Gasteiger partial charge in [0.1, 0.15) is 6.29 Å². The molecule has 150 valence electrons. The third kappa shape index (κ3) is 11.8. The number of hydrogen-bond acceptors (Lipinski definition) is 3. The second kappa shape index (κ2) is 13.0. The molecular weight excluding hydrogens is 332 g/mol. The Balaban J connectivity index is 0.000000419. The van der Waals surface area contributed by atoms with Gasteiger partial charge in [0.25, 0.3) is 0 Å². The van der Waals surface area contributed by atoms with E-state index in [1.165, 1.54) is 22.4 Å². The quantitative estimate of drug-likeness (QED) is 0.505. The summed E-state index contributed by atoms with van der Waals surface area (Å²) in [5, 5.41) is 3.44. The van der Waals surface area contributed by atoms with E-state index in [9.17, 15) is 4.79 Å². The highest BCUT2D eigenvalue weighted by atomic mass is 16.1. The molecule has 2 aromatic carbocycles. The summed E-state index contributed by atoms with van der Waals surface area (Å²) in [5.74, 6) is 0.899. The standard InChI is InChI=1S/C12H19N.C8H11N.C4H8O/c1-9(2)8-13-12-6-5-10(3)7-11(12)4;1-6-3-4-8(9)7(2)5-6;1-4(2)3-5/h5-7,9,13H,8H2,1-4H3;3-5H,9H2,1-2H3;3-4H,1-2H3. The highest BCUT2D eigenvalue weighted by molar-refractivity contribution is 5.52. The summed E-state index contributed by atoms with van der Waals surface area (Å²) in [6.07, 6.45) is 0.917. The zero-order chi connectivity index (χ0) is 21.0. The first-order chi connectivity index (χ1) is 12.6. The Hall–Kier alpha value is -2.29. The van der Waals surface area contributed by atoms with Crippen molar-refractivity contribution in [1.82, 2.24) is 0 Å². The van der Waals surface area contributed by atoms with Gasteiger partial charge in [-0.3, -0.25) is 0 Å². The Bertz CT molecular complexity index is 691. The van der Waals surface area contributed by atoms with Crippen molar-refractivity contribution in [3.63, 3.8) is 0 Å². The topological polar surface area (TPSA) is 55.1 Å². The Morgan fingerprint density at radius 1 is 0.889 bits per heavy atom. The van der Waals surface area contributed by atoms with E-state index in [0.717, 1.165) is 24.1 Å². The highest BCUT2D eigenvalue weighted by Gasteiger charge is 1.98. The number of benzene rings is 2. The van der Waals surface area contributed by atoms with E-state index in [-0.39, 0.29) is 5.92 Å². The molecule has 3 heteroatoms. The first-order valence-corrected chi connectivity index (χ1v) is 9.65. The lowest BCUT2D eigenvalue weighted by Crippen LogP contribution is -2.08. The van der Waals surface area contributed by atoms with Crippen molar-refractivity contribution in [1.29, 1.82) is 0 Å². The minimum atomic E-state index is 0.204. The molecule has 0 radical (unpaired) electrons. The summed E-state index contributed by atoms with van der Waals surface area (Å²) in [6.45, 7) is 17.5. The molecule has 0 atom stereocenters. The molecule has 0 saturated carbocycles. The fourth-order valence-electron chi connectivity index (χ4n) is 2.15. The molecule has 0 saturated heterocycles. The van der Waals surface area contributed by atoms with Gasteiger partial charge in [-0.15, -0.1) is 0 Å². The number of aryl methyl sites for hydroxylation is 4. The van der Waals surface area contributed by atoms with E-state index >= 15 is 0 Å². The molecule has 3 nitrogen and oxygen atoms in total. The molecule has 0 heterocycles. The molecule has 2 rings (SSSR count). The van der Waals surface area contributed by atoms with E-state index in [4.69, 9.17) is 5.73 Å². The zero-order valence-corrected chi connectivity index (χ0v) is 18.4. The van der Waals surface area contributed by atoms with Crippen LogP contribution < -0.4 is 11.1 Å². The molecule has 0 bridgehead atoms. The van der Waals surface area contributed by atoms with Gasteiger partial charge < -0.3 is 15.8 Å². The van der Waals surface area contributed by atoms with Crippen LogP contribution in [0.2, 0.25) is 0 Å². The van der Waals surface area contributed by atoms with Crippen LogP contribution in [-0.4, -0.2) is 12.8 Å². The molecule has 27 heavy (non-hydrogen) atoms. The molecule has 2 aromatic rings. The fourth-order valence-corrected chi connectivity index (χ4v) is 2.15. The summed E-state index contributed by atoms with van der Waals surface area (Å²) in [5.41, 5.74) is 12.8. The molecule has 3 N–H and O–H groups in total. The third-order valence-corrected chi connectivity index (χ3v) is 3.78. The van der Waals surface area contributed by atoms with Crippen LogP contribution in [0.15, 0.2) is 36.4 Å². The van der Waals surface area contributed by atoms with Gasteiger partial charge in [0.2, 0.25) is 0 Å². The maximum atomic E-state index is 9.50. The SMILES string of the molecule is CC(C)C=O.Cc1ccc(N)c(C)c1.Cc1ccc(NCC(C)C)c(C)c1. The first-order valence-electron chi connectivity index (χ1n) is 9.65. The third-order valence-electron chi connectivity index (χ3n) is 3.78. The molecule has 0 spiro atoms. The second-order valence-electron chi connectivity index (χ2n) is 7.83. The first kappa shape index (κ1) is 24.7. The number of carbonyl (C=O) groups excluding carboxylic acids is 1. The molecule has 0 amide bonds. The van der Waals surface area contributed by atoms with E-state index in [1.54, 1.807) is 0 Å². The van der Waals surface area contributed by atoms with Crippen LogP contribution in [0.5, 0.6) is 0 Å². The monoisotopic (exact) mass is 370 g/mol. The number of rotatable bonds is 4. The van der Waals surface area contributed by atoms with Crippen molar-refractivity contribution >= 4 is 17.7 Å². The Morgan fingerprint density at radius 2 is 1.37 bits per heavy atom. The van der Waals surface area contributed by atoms with Crippen LogP contribution in [0, 0.1) is 39.5 Å². The number of carbonyl (C=O) groups is 1. The minimum absolute atomic E-state index is 0.204. The molecular formula is C24H38N2O. The summed E-state index contributed by atoms with van der Waals surface area (Å²) in [7, 11) is 0. The molecule has 0 aromatic heterocycles. The molecule has 0 aliphatic heterocycles. The Kier molecular flexibility index (Phi) is 11.9. The van der Waals surface area contributed by atoms with Gasteiger partial charge in [-0.25, -0.2) is 0 Å². The van der Waals surface area contributed by atoms with Crippen molar-refractivity contribution in [3.05, 3.63) is 58.7 Å². The van der Waals surface area contributed by atoms with E-state index in [1.807, 2.05) is 32.9 Å². The van der Waals surface area contributed by atoms with Crippen molar-refractivity contribution in [3.8, 4) is 0 Å². The van der Waals surface area contributed by atoms with Crippen LogP contribution >= 0.6 is 0 Å². The number of nitrogens with two attached hydrogens (primary N) is 1. The largest absolute Gasteiger partial charge is 0.399 e. The number of nitrogens with one attached hydrogen (secondary N) is 1. The molecule has 0 aliphatic rings. The molecule has 0 fully saturated rings. The Morgan fingerprint density at radius 3 is 1.74 bits per heavy atom. The van der Waals surface area contributed by atoms with Gasteiger partial charge >= 0.3 is 0 Å². The smallest absolute Gasteiger partial charge is 0.122 e. The van der Waals surface area contributed by atoms with Crippen molar-refractivity contribution < 1.29 is 4.79 Å². The zero-order valence-electron chi connectivity index (χ0n) is 18.4. The maximum absolute atomic E-state index is 9.50.